The first-order chi connectivity index (χ1) is 8.40. The van der Waals surface area contributed by atoms with Crippen LogP contribution in [0.3, 0.4) is 0 Å². The van der Waals surface area contributed by atoms with Gasteiger partial charge in [-0.25, -0.2) is 4.79 Å². The van der Waals surface area contributed by atoms with Crippen molar-refractivity contribution in [2.75, 3.05) is 0 Å². The van der Waals surface area contributed by atoms with Gasteiger partial charge in [0.1, 0.15) is 0 Å². The Bertz CT molecular complexity index is 382. The maximum atomic E-state index is 11.6. The molecule has 0 aliphatic carbocycles. The number of amides is 2. The van der Waals surface area contributed by atoms with Gasteiger partial charge in [-0.3, -0.25) is 0 Å². The highest BCUT2D eigenvalue weighted by Gasteiger charge is 2.10. The van der Waals surface area contributed by atoms with Gasteiger partial charge in [-0.05, 0) is 37.8 Å². The first-order valence-corrected chi connectivity index (χ1v) is 6.57. The molecular formula is C15H24N2O. The monoisotopic (exact) mass is 248 g/mol. The van der Waals surface area contributed by atoms with Gasteiger partial charge in [0, 0.05) is 6.04 Å². The molecule has 0 aliphatic heterocycles. The molecule has 2 N–H and O–H groups in total. The number of benzene rings is 1. The molecule has 0 aliphatic rings. The Morgan fingerprint density at radius 3 is 1.83 bits per heavy atom. The number of hydrogen-bond donors (Lipinski definition) is 2. The minimum absolute atomic E-state index is 0.0185. The van der Waals surface area contributed by atoms with Crippen molar-refractivity contribution in [2.24, 2.45) is 0 Å². The molecule has 1 rings (SSSR count). The Morgan fingerprint density at radius 2 is 1.39 bits per heavy atom. The molecule has 18 heavy (non-hydrogen) atoms. The van der Waals surface area contributed by atoms with E-state index in [-0.39, 0.29) is 18.1 Å². The summed E-state index contributed by atoms with van der Waals surface area (Å²) in [5, 5.41) is 5.75. The summed E-state index contributed by atoms with van der Waals surface area (Å²) in [5.41, 5.74) is 2.44. The summed E-state index contributed by atoms with van der Waals surface area (Å²) in [6.07, 6.45) is 0. The van der Waals surface area contributed by atoms with Crippen LogP contribution in [0.4, 0.5) is 4.79 Å². The van der Waals surface area contributed by atoms with Crippen LogP contribution in [-0.2, 0) is 0 Å². The number of rotatable bonds is 4. The smallest absolute Gasteiger partial charge is 0.315 e. The zero-order valence-corrected chi connectivity index (χ0v) is 11.9. The number of carbonyl (C=O) groups excluding carboxylic acids is 1. The fourth-order valence-electron chi connectivity index (χ4n) is 1.75. The van der Waals surface area contributed by atoms with E-state index in [9.17, 15) is 4.79 Å². The number of hydrogen-bond acceptors (Lipinski definition) is 1. The van der Waals surface area contributed by atoms with Crippen molar-refractivity contribution in [3.63, 3.8) is 0 Å². The molecule has 0 spiro atoms. The molecule has 0 aromatic heterocycles. The summed E-state index contributed by atoms with van der Waals surface area (Å²) in [6.45, 7) is 10.2. The van der Waals surface area contributed by atoms with Crippen LogP contribution in [0.5, 0.6) is 0 Å². The lowest BCUT2D eigenvalue weighted by Crippen LogP contribution is -2.40. The number of nitrogens with one attached hydrogen (secondary N) is 2. The molecule has 1 aromatic carbocycles. The molecule has 0 unspecified atom stereocenters. The summed E-state index contributed by atoms with van der Waals surface area (Å²) in [5.74, 6) is 0.534. The molecular weight excluding hydrogens is 224 g/mol. The number of urea groups is 1. The Morgan fingerprint density at radius 1 is 0.889 bits per heavy atom. The van der Waals surface area contributed by atoms with E-state index in [2.05, 4.69) is 48.7 Å². The summed E-state index contributed by atoms with van der Waals surface area (Å²) in [7, 11) is 0. The van der Waals surface area contributed by atoms with Crippen molar-refractivity contribution in [1.82, 2.24) is 10.6 Å². The van der Waals surface area contributed by atoms with Crippen molar-refractivity contribution in [3.8, 4) is 0 Å². The quantitative estimate of drug-likeness (QED) is 0.840. The second kappa shape index (κ2) is 6.43. The predicted octanol–water partition coefficient (Wildman–Crippen LogP) is 3.58. The molecule has 0 bridgehead atoms. The van der Waals surface area contributed by atoms with E-state index in [1.165, 1.54) is 5.56 Å². The van der Waals surface area contributed by atoms with Gasteiger partial charge in [-0.2, -0.15) is 0 Å². The summed E-state index contributed by atoms with van der Waals surface area (Å²) >= 11 is 0. The molecule has 0 heterocycles. The van der Waals surface area contributed by atoms with Crippen molar-refractivity contribution in [1.29, 1.82) is 0 Å². The topological polar surface area (TPSA) is 41.1 Å². The molecule has 0 radical (unpaired) electrons. The molecule has 0 fully saturated rings. The molecule has 1 aromatic rings. The minimum Gasteiger partial charge on any atom is -0.336 e. The lowest BCUT2D eigenvalue weighted by Gasteiger charge is -2.17. The zero-order chi connectivity index (χ0) is 13.7. The normalized spacial score (nSPS) is 12.6. The summed E-state index contributed by atoms with van der Waals surface area (Å²) < 4.78 is 0. The van der Waals surface area contributed by atoms with Gasteiger partial charge in [0.25, 0.3) is 0 Å². The van der Waals surface area contributed by atoms with Gasteiger partial charge in [0.15, 0.2) is 0 Å². The largest absolute Gasteiger partial charge is 0.336 e. The van der Waals surface area contributed by atoms with Gasteiger partial charge >= 0.3 is 6.03 Å². The van der Waals surface area contributed by atoms with Crippen LogP contribution in [0.15, 0.2) is 24.3 Å². The van der Waals surface area contributed by atoms with E-state index in [1.807, 2.05) is 20.8 Å². The maximum Gasteiger partial charge on any atom is 0.315 e. The van der Waals surface area contributed by atoms with Crippen LogP contribution in [0, 0.1) is 0 Å². The Labute approximate surface area is 110 Å². The third-order valence-electron chi connectivity index (χ3n) is 2.87. The third kappa shape index (κ3) is 4.40. The molecule has 2 amide bonds. The van der Waals surface area contributed by atoms with Crippen LogP contribution < -0.4 is 10.6 Å². The van der Waals surface area contributed by atoms with E-state index >= 15 is 0 Å². The maximum absolute atomic E-state index is 11.6. The van der Waals surface area contributed by atoms with Crippen molar-refractivity contribution in [3.05, 3.63) is 35.4 Å². The Balaban J connectivity index is 2.61. The third-order valence-corrected chi connectivity index (χ3v) is 2.87. The van der Waals surface area contributed by atoms with Gasteiger partial charge in [-0.15, -0.1) is 0 Å². The van der Waals surface area contributed by atoms with E-state index in [0.29, 0.717) is 5.92 Å². The average molecular weight is 248 g/mol. The van der Waals surface area contributed by atoms with E-state index < -0.39 is 0 Å². The van der Waals surface area contributed by atoms with Crippen molar-refractivity contribution >= 4 is 6.03 Å². The number of carbonyl (C=O) groups is 1. The first kappa shape index (κ1) is 14.6. The highest BCUT2D eigenvalue weighted by Crippen LogP contribution is 2.18. The lowest BCUT2D eigenvalue weighted by atomic mass is 10.00. The van der Waals surface area contributed by atoms with Crippen LogP contribution in [0.25, 0.3) is 0 Å². The Hall–Kier alpha value is -1.51. The van der Waals surface area contributed by atoms with Crippen molar-refractivity contribution < 1.29 is 4.79 Å². The Kier molecular flexibility index (Phi) is 5.20. The highest BCUT2D eigenvalue weighted by atomic mass is 16.2. The minimum atomic E-state index is -0.120. The van der Waals surface area contributed by atoms with Crippen LogP contribution in [-0.4, -0.2) is 12.1 Å². The molecule has 3 heteroatoms. The molecule has 0 saturated carbocycles. The fraction of sp³-hybridized carbons (Fsp3) is 0.533. The van der Waals surface area contributed by atoms with E-state index in [1.54, 1.807) is 0 Å². The van der Waals surface area contributed by atoms with Gasteiger partial charge in [0.2, 0.25) is 0 Å². The van der Waals surface area contributed by atoms with Crippen molar-refractivity contribution in [2.45, 2.75) is 52.6 Å². The molecule has 3 nitrogen and oxygen atoms in total. The van der Waals surface area contributed by atoms with E-state index in [0.717, 1.165) is 5.56 Å². The van der Waals surface area contributed by atoms with Crippen LogP contribution in [0.1, 0.15) is 57.7 Å². The SMILES string of the molecule is CC(C)NC(=O)N[C@@H](C)c1ccc(C(C)C)cc1. The standard InChI is InChI=1S/C15H24N2O/c1-10(2)13-6-8-14(9-7-13)12(5)17-15(18)16-11(3)4/h6-12H,1-5H3,(H2,16,17,18)/t12-/m0/s1. The highest BCUT2D eigenvalue weighted by molar-refractivity contribution is 5.74. The second-order valence-corrected chi connectivity index (χ2v) is 5.32. The van der Waals surface area contributed by atoms with Gasteiger partial charge in [-0.1, -0.05) is 38.1 Å². The second-order valence-electron chi connectivity index (χ2n) is 5.32. The summed E-state index contributed by atoms with van der Waals surface area (Å²) in [4.78, 5) is 11.6. The summed E-state index contributed by atoms with van der Waals surface area (Å²) in [6, 6.07) is 8.46. The fourth-order valence-corrected chi connectivity index (χ4v) is 1.75. The lowest BCUT2D eigenvalue weighted by molar-refractivity contribution is 0.235. The first-order valence-electron chi connectivity index (χ1n) is 6.57. The van der Waals surface area contributed by atoms with Gasteiger partial charge < -0.3 is 10.6 Å². The van der Waals surface area contributed by atoms with Crippen LogP contribution in [0.2, 0.25) is 0 Å². The molecule has 1 atom stereocenters. The average Bonchev–Trinajstić information content (AvgIpc) is 2.27. The molecule has 0 saturated heterocycles. The zero-order valence-electron chi connectivity index (χ0n) is 11.9. The predicted molar refractivity (Wildman–Crippen MR) is 75.7 cm³/mol. The van der Waals surface area contributed by atoms with Crippen LogP contribution >= 0.6 is 0 Å². The van der Waals surface area contributed by atoms with Gasteiger partial charge in [0.05, 0.1) is 6.04 Å². The van der Waals surface area contributed by atoms with E-state index in [4.69, 9.17) is 0 Å². The molecule has 100 valence electrons.